The molecule has 0 aromatic heterocycles. The van der Waals surface area contributed by atoms with E-state index in [0.29, 0.717) is 18.3 Å². The highest BCUT2D eigenvalue weighted by Crippen LogP contribution is 2.47. The molecule has 1 fully saturated rings. The van der Waals surface area contributed by atoms with Crippen molar-refractivity contribution in [1.82, 2.24) is 5.32 Å². The Balaban J connectivity index is 2.76. The predicted molar refractivity (Wildman–Crippen MR) is 83.6 cm³/mol. The SMILES string of the molecule is [B]C1CCC(C)(NCC(O)CC)CC(C)(C(C)C)C1. The zero-order chi connectivity index (χ0) is 14.7. The zero-order valence-electron chi connectivity index (χ0n) is 13.5. The van der Waals surface area contributed by atoms with Crippen LogP contribution in [0.1, 0.15) is 66.7 Å². The van der Waals surface area contributed by atoms with Crippen molar-refractivity contribution < 1.29 is 5.11 Å². The lowest BCUT2D eigenvalue weighted by molar-refractivity contribution is 0.110. The molecule has 0 aromatic carbocycles. The first-order valence-corrected chi connectivity index (χ1v) is 7.89. The largest absolute Gasteiger partial charge is 0.392 e. The summed E-state index contributed by atoms with van der Waals surface area (Å²) in [5.74, 6) is 0.945. The van der Waals surface area contributed by atoms with Gasteiger partial charge in [0.25, 0.3) is 0 Å². The monoisotopic (exact) mass is 265 g/mol. The van der Waals surface area contributed by atoms with Crippen molar-refractivity contribution in [3.8, 4) is 0 Å². The molecule has 4 atom stereocenters. The van der Waals surface area contributed by atoms with E-state index in [1.165, 1.54) is 0 Å². The Morgan fingerprint density at radius 2 is 2.00 bits per heavy atom. The molecule has 1 aliphatic carbocycles. The van der Waals surface area contributed by atoms with Gasteiger partial charge in [-0.2, -0.15) is 0 Å². The first kappa shape index (κ1) is 17.0. The molecule has 2 radical (unpaired) electrons. The van der Waals surface area contributed by atoms with E-state index in [4.69, 9.17) is 7.85 Å². The van der Waals surface area contributed by atoms with Crippen molar-refractivity contribution >= 4 is 7.85 Å². The normalized spacial score (nSPS) is 38.2. The van der Waals surface area contributed by atoms with Crippen molar-refractivity contribution in [3.05, 3.63) is 0 Å². The first-order chi connectivity index (χ1) is 8.71. The van der Waals surface area contributed by atoms with E-state index in [1.54, 1.807) is 0 Å². The van der Waals surface area contributed by atoms with Crippen molar-refractivity contribution in [2.24, 2.45) is 11.3 Å². The average Bonchev–Trinajstić information content (AvgIpc) is 2.44. The van der Waals surface area contributed by atoms with Gasteiger partial charge in [0.15, 0.2) is 0 Å². The van der Waals surface area contributed by atoms with Crippen LogP contribution in [0.25, 0.3) is 0 Å². The molecule has 2 nitrogen and oxygen atoms in total. The molecule has 0 amide bonds. The van der Waals surface area contributed by atoms with Gasteiger partial charge in [0, 0.05) is 12.1 Å². The van der Waals surface area contributed by atoms with Gasteiger partial charge in [0.1, 0.15) is 0 Å². The van der Waals surface area contributed by atoms with Gasteiger partial charge in [-0.3, -0.25) is 0 Å². The highest BCUT2D eigenvalue weighted by molar-refractivity contribution is 6.11. The van der Waals surface area contributed by atoms with Gasteiger partial charge in [-0.05, 0) is 37.5 Å². The number of rotatable bonds is 5. The van der Waals surface area contributed by atoms with Crippen LogP contribution in [0.3, 0.4) is 0 Å². The minimum absolute atomic E-state index is 0.100. The van der Waals surface area contributed by atoms with Gasteiger partial charge in [0.05, 0.1) is 14.0 Å². The van der Waals surface area contributed by atoms with Crippen molar-refractivity contribution in [2.45, 2.75) is 84.2 Å². The molecule has 110 valence electrons. The van der Waals surface area contributed by atoms with Crippen molar-refractivity contribution in [3.63, 3.8) is 0 Å². The highest BCUT2D eigenvalue weighted by atomic mass is 16.3. The van der Waals surface area contributed by atoms with E-state index in [-0.39, 0.29) is 17.1 Å². The summed E-state index contributed by atoms with van der Waals surface area (Å²) in [6.07, 6.45) is 5.00. The summed E-state index contributed by atoms with van der Waals surface area (Å²) in [6.45, 7) is 12.0. The summed E-state index contributed by atoms with van der Waals surface area (Å²) in [7, 11) is 6.27. The Morgan fingerprint density at radius 3 is 2.53 bits per heavy atom. The molecule has 4 unspecified atom stereocenters. The Labute approximate surface area is 121 Å². The third-order valence-corrected chi connectivity index (χ3v) is 5.22. The lowest BCUT2D eigenvalue weighted by Crippen LogP contribution is -2.48. The smallest absolute Gasteiger partial charge is 0.0699 e. The quantitative estimate of drug-likeness (QED) is 0.590. The van der Waals surface area contributed by atoms with Gasteiger partial charge in [-0.1, -0.05) is 46.4 Å². The molecule has 0 heterocycles. The summed E-state index contributed by atoms with van der Waals surface area (Å²) in [6, 6.07) is 0. The highest BCUT2D eigenvalue weighted by Gasteiger charge is 2.40. The predicted octanol–water partition coefficient (Wildman–Crippen LogP) is 3.30. The fraction of sp³-hybridized carbons (Fsp3) is 1.00. The number of aliphatic hydroxyl groups is 1. The molecule has 3 heteroatoms. The number of β-amino-alcohol motifs (C(OH)–C–C–N with tert-alkyl or cyclic N) is 1. The molecule has 0 spiro atoms. The van der Waals surface area contributed by atoms with Crippen molar-refractivity contribution in [2.75, 3.05) is 6.54 Å². The van der Waals surface area contributed by atoms with E-state index in [0.717, 1.165) is 32.1 Å². The van der Waals surface area contributed by atoms with Crippen molar-refractivity contribution in [1.29, 1.82) is 0 Å². The summed E-state index contributed by atoms with van der Waals surface area (Å²) < 4.78 is 0. The molecule has 1 aliphatic rings. The molecule has 2 N–H and O–H groups in total. The Kier molecular flexibility index (Phi) is 5.94. The second-order valence-corrected chi connectivity index (χ2v) is 7.49. The maximum Gasteiger partial charge on any atom is 0.0699 e. The summed E-state index contributed by atoms with van der Waals surface area (Å²) >= 11 is 0. The van der Waals surface area contributed by atoms with Crippen LogP contribution < -0.4 is 5.32 Å². The van der Waals surface area contributed by atoms with Crippen LogP contribution in [-0.4, -0.2) is 31.1 Å². The molecular weight excluding hydrogens is 233 g/mol. The minimum atomic E-state index is -0.237. The molecule has 0 saturated heterocycles. The lowest BCUT2D eigenvalue weighted by Gasteiger charge is -2.41. The molecular formula is C16H32BNO. The molecule has 0 bridgehead atoms. The summed E-state index contributed by atoms with van der Waals surface area (Å²) in [5, 5.41) is 13.4. The van der Waals surface area contributed by atoms with Crippen LogP contribution in [-0.2, 0) is 0 Å². The standard InChI is InChI=1S/C16H32BNO/c1-6-14(19)10-18-16(5)8-7-13(17)9-15(4,11-16)12(2)3/h12-14,18-19H,6-11H2,1-5H3. The maximum atomic E-state index is 9.78. The average molecular weight is 265 g/mol. The molecule has 19 heavy (non-hydrogen) atoms. The van der Waals surface area contributed by atoms with Gasteiger partial charge >= 0.3 is 0 Å². The number of nitrogens with one attached hydrogen (secondary N) is 1. The molecule has 1 rings (SSSR count). The maximum absolute atomic E-state index is 9.78. The Hall–Kier alpha value is -0.0151. The van der Waals surface area contributed by atoms with E-state index in [1.807, 2.05) is 6.92 Å². The third-order valence-electron chi connectivity index (χ3n) is 5.22. The van der Waals surface area contributed by atoms with Gasteiger partial charge < -0.3 is 10.4 Å². The Bertz CT molecular complexity index is 284. The van der Waals surface area contributed by atoms with Gasteiger partial charge in [0.2, 0.25) is 0 Å². The van der Waals surface area contributed by atoms with Crippen LogP contribution in [0.4, 0.5) is 0 Å². The molecule has 0 aliphatic heterocycles. The fourth-order valence-electron chi connectivity index (χ4n) is 3.36. The summed E-state index contributed by atoms with van der Waals surface area (Å²) in [4.78, 5) is 0. The van der Waals surface area contributed by atoms with E-state index >= 15 is 0 Å². The second-order valence-electron chi connectivity index (χ2n) is 7.49. The number of aliphatic hydroxyl groups excluding tert-OH is 1. The van der Waals surface area contributed by atoms with E-state index < -0.39 is 0 Å². The second kappa shape index (κ2) is 6.63. The van der Waals surface area contributed by atoms with E-state index in [2.05, 4.69) is 33.0 Å². The first-order valence-electron chi connectivity index (χ1n) is 7.89. The van der Waals surface area contributed by atoms with Crippen LogP contribution in [0.2, 0.25) is 5.82 Å². The van der Waals surface area contributed by atoms with Gasteiger partial charge in [-0.15, -0.1) is 0 Å². The minimum Gasteiger partial charge on any atom is -0.392 e. The van der Waals surface area contributed by atoms with Crippen LogP contribution in [0, 0.1) is 11.3 Å². The number of hydrogen-bond acceptors (Lipinski definition) is 2. The number of hydrogen-bond donors (Lipinski definition) is 2. The summed E-state index contributed by atoms with van der Waals surface area (Å²) in [5.41, 5.74) is 0.387. The zero-order valence-corrected chi connectivity index (χ0v) is 13.5. The topological polar surface area (TPSA) is 32.3 Å². The van der Waals surface area contributed by atoms with Crippen LogP contribution >= 0.6 is 0 Å². The van der Waals surface area contributed by atoms with Crippen LogP contribution in [0.5, 0.6) is 0 Å². The molecule has 0 aromatic rings. The van der Waals surface area contributed by atoms with Gasteiger partial charge in [-0.25, -0.2) is 0 Å². The lowest BCUT2D eigenvalue weighted by atomic mass is 9.65. The molecule has 1 saturated carbocycles. The van der Waals surface area contributed by atoms with E-state index in [9.17, 15) is 5.11 Å². The fourth-order valence-corrected chi connectivity index (χ4v) is 3.36. The van der Waals surface area contributed by atoms with Crippen LogP contribution in [0.15, 0.2) is 0 Å². The Morgan fingerprint density at radius 1 is 1.37 bits per heavy atom. The third kappa shape index (κ3) is 4.79.